The smallest absolute Gasteiger partial charge is 0.229 e. The van der Waals surface area contributed by atoms with Gasteiger partial charge in [-0.2, -0.15) is 4.98 Å². The molecule has 0 atom stereocenters. The van der Waals surface area contributed by atoms with Gasteiger partial charge >= 0.3 is 0 Å². The Kier molecular flexibility index (Phi) is 7.70. The maximum Gasteiger partial charge on any atom is 0.229 e. The van der Waals surface area contributed by atoms with Gasteiger partial charge in [0.05, 0.1) is 18.9 Å². The minimum absolute atomic E-state index is 0. The van der Waals surface area contributed by atoms with Gasteiger partial charge < -0.3 is 15.4 Å². The van der Waals surface area contributed by atoms with Crippen LogP contribution in [0.4, 0.5) is 23.1 Å². The number of hydrogen-bond donors (Lipinski definition) is 3. The van der Waals surface area contributed by atoms with Crippen molar-refractivity contribution in [2.24, 2.45) is 0 Å². The van der Waals surface area contributed by atoms with Crippen molar-refractivity contribution in [1.29, 1.82) is 0 Å². The summed E-state index contributed by atoms with van der Waals surface area (Å²) in [5.41, 5.74) is 3.28. The van der Waals surface area contributed by atoms with Gasteiger partial charge in [0.2, 0.25) is 16.0 Å². The van der Waals surface area contributed by atoms with Gasteiger partial charge in [0.15, 0.2) is 0 Å². The molecule has 1 aromatic heterocycles. The number of anilines is 4. The van der Waals surface area contributed by atoms with Gasteiger partial charge in [-0.25, -0.2) is 18.1 Å². The molecular weight excluding hydrogens is 462 g/mol. The molecule has 3 aromatic carbocycles. The fraction of sp³-hybridized carbons (Fsp3) is 0.130. The Labute approximate surface area is 198 Å². The number of ether oxygens (including phenoxy) is 1. The number of rotatable bonds is 8. The monoisotopic (exact) mass is 485 g/mol. The molecule has 0 unspecified atom stereocenters. The molecule has 8 nitrogen and oxygen atoms in total. The van der Waals surface area contributed by atoms with E-state index < -0.39 is 10.0 Å². The number of halogens is 1. The molecule has 10 heteroatoms. The second-order valence-corrected chi connectivity index (χ2v) is 9.02. The summed E-state index contributed by atoms with van der Waals surface area (Å²) < 4.78 is 30.3. The molecule has 172 valence electrons. The molecule has 4 aromatic rings. The third kappa shape index (κ3) is 6.55. The van der Waals surface area contributed by atoms with E-state index in [9.17, 15) is 8.42 Å². The van der Waals surface area contributed by atoms with E-state index in [-0.39, 0.29) is 19.0 Å². The zero-order valence-electron chi connectivity index (χ0n) is 18.1. The molecule has 3 N–H and O–H groups in total. The molecule has 0 amide bonds. The summed E-state index contributed by atoms with van der Waals surface area (Å²) in [5.74, 6) is 1.86. The third-order valence-corrected chi connectivity index (χ3v) is 5.35. The molecule has 0 fully saturated rings. The van der Waals surface area contributed by atoms with Crippen LogP contribution in [0.3, 0.4) is 0 Å². The molecule has 0 radical (unpaired) electrons. The van der Waals surface area contributed by atoms with Gasteiger partial charge in [0, 0.05) is 29.4 Å². The number of aromatic nitrogens is 2. The molecule has 0 aliphatic heterocycles. The largest absolute Gasteiger partial charge is 0.497 e. The Morgan fingerprint density at radius 3 is 2.36 bits per heavy atom. The molecular formula is C23H24ClN5O3S. The van der Waals surface area contributed by atoms with Gasteiger partial charge in [0.1, 0.15) is 11.6 Å². The van der Waals surface area contributed by atoms with Crippen molar-refractivity contribution in [3.8, 4) is 5.75 Å². The van der Waals surface area contributed by atoms with E-state index in [1.165, 1.54) is 0 Å². The third-order valence-electron chi connectivity index (χ3n) is 4.68. The molecule has 4 rings (SSSR count). The summed E-state index contributed by atoms with van der Waals surface area (Å²) in [4.78, 5) is 9.29. The maximum atomic E-state index is 11.3. The Balaban J connectivity index is 0.00000306. The van der Waals surface area contributed by atoms with Crippen molar-refractivity contribution < 1.29 is 13.2 Å². The summed E-state index contributed by atoms with van der Waals surface area (Å²) in [6.07, 6.45) is 1.14. The average molecular weight is 486 g/mol. The minimum atomic E-state index is -3.24. The van der Waals surface area contributed by atoms with Crippen LogP contribution in [0, 0.1) is 0 Å². The lowest BCUT2D eigenvalue weighted by Gasteiger charge is -2.13. The Morgan fingerprint density at radius 1 is 0.879 bits per heavy atom. The van der Waals surface area contributed by atoms with Crippen LogP contribution in [-0.2, 0) is 16.6 Å². The van der Waals surface area contributed by atoms with Crippen LogP contribution >= 0.6 is 12.4 Å². The van der Waals surface area contributed by atoms with Crippen molar-refractivity contribution >= 4 is 56.5 Å². The lowest BCUT2D eigenvalue weighted by Crippen LogP contribution is -2.21. The summed E-state index contributed by atoms with van der Waals surface area (Å²) in [7, 11) is -1.61. The fourth-order valence-corrected chi connectivity index (χ4v) is 3.54. The number of fused-ring (bicyclic) bond motifs is 1. The maximum absolute atomic E-state index is 11.3. The first-order valence-corrected chi connectivity index (χ1v) is 11.8. The predicted octanol–water partition coefficient (Wildman–Crippen LogP) is 4.60. The van der Waals surface area contributed by atoms with Crippen LogP contribution in [-0.4, -0.2) is 31.8 Å². The van der Waals surface area contributed by atoms with Crippen LogP contribution in [0.15, 0.2) is 72.8 Å². The van der Waals surface area contributed by atoms with E-state index in [0.29, 0.717) is 11.8 Å². The van der Waals surface area contributed by atoms with Crippen molar-refractivity contribution in [3.05, 3.63) is 78.4 Å². The summed E-state index contributed by atoms with van der Waals surface area (Å²) >= 11 is 0. The number of nitrogens with zero attached hydrogens (tertiary/aromatic N) is 2. The molecule has 0 saturated carbocycles. The number of para-hydroxylation sites is 1. The zero-order valence-corrected chi connectivity index (χ0v) is 19.7. The number of sulfonamides is 1. The Morgan fingerprint density at radius 2 is 1.64 bits per heavy atom. The van der Waals surface area contributed by atoms with Crippen molar-refractivity contribution in [1.82, 2.24) is 14.7 Å². The highest BCUT2D eigenvalue weighted by Crippen LogP contribution is 2.27. The number of methoxy groups -OCH3 is 1. The van der Waals surface area contributed by atoms with Crippen molar-refractivity contribution in [2.45, 2.75) is 6.54 Å². The van der Waals surface area contributed by atoms with E-state index in [1.54, 1.807) is 7.11 Å². The SMILES string of the molecule is COc1cccc(Nc2nc(Nc3ccc(CNS(C)(=O)=O)cc3)nc3ccccc23)c1.Cl. The van der Waals surface area contributed by atoms with Crippen molar-refractivity contribution in [2.75, 3.05) is 24.0 Å². The molecule has 0 spiro atoms. The topological polar surface area (TPSA) is 105 Å². The fourth-order valence-electron chi connectivity index (χ4n) is 3.11. The van der Waals surface area contributed by atoms with Gasteiger partial charge in [-0.05, 0) is 42.0 Å². The lowest BCUT2D eigenvalue weighted by atomic mass is 10.2. The first kappa shape index (κ1) is 24.2. The quantitative estimate of drug-likeness (QED) is 0.335. The van der Waals surface area contributed by atoms with Crippen LogP contribution < -0.4 is 20.1 Å². The summed E-state index contributed by atoms with van der Waals surface area (Å²) in [6, 6.07) is 22.8. The second-order valence-electron chi connectivity index (χ2n) is 7.19. The van der Waals surface area contributed by atoms with Crippen LogP contribution in [0.2, 0.25) is 0 Å². The Bertz CT molecular complexity index is 1350. The standard InChI is InChI=1S/C23H23N5O3S.ClH/c1-31-19-7-5-6-18(14-19)25-22-20-8-3-4-9-21(20)27-23(28-22)26-17-12-10-16(11-13-17)15-24-32(2,29)30;/h3-14,24H,15H2,1-2H3,(H2,25,26,27,28);1H. The van der Waals surface area contributed by atoms with E-state index >= 15 is 0 Å². The predicted molar refractivity (Wildman–Crippen MR) is 134 cm³/mol. The van der Waals surface area contributed by atoms with E-state index in [4.69, 9.17) is 4.74 Å². The number of benzene rings is 3. The molecule has 0 bridgehead atoms. The first-order valence-electron chi connectivity index (χ1n) is 9.88. The molecule has 33 heavy (non-hydrogen) atoms. The normalized spacial score (nSPS) is 11.0. The van der Waals surface area contributed by atoms with Gasteiger partial charge in [-0.3, -0.25) is 0 Å². The van der Waals surface area contributed by atoms with Crippen LogP contribution in [0.5, 0.6) is 5.75 Å². The van der Waals surface area contributed by atoms with Gasteiger partial charge in [-0.1, -0.05) is 30.3 Å². The lowest BCUT2D eigenvalue weighted by molar-refractivity contribution is 0.415. The van der Waals surface area contributed by atoms with Gasteiger partial charge in [0.25, 0.3) is 0 Å². The molecule has 0 aliphatic rings. The van der Waals surface area contributed by atoms with Gasteiger partial charge in [-0.15, -0.1) is 12.4 Å². The molecule has 1 heterocycles. The number of hydrogen-bond acceptors (Lipinski definition) is 7. The minimum Gasteiger partial charge on any atom is -0.497 e. The first-order chi connectivity index (χ1) is 15.4. The highest BCUT2D eigenvalue weighted by molar-refractivity contribution is 7.88. The highest BCUT2D eigenvalue weighted by atomic mass is 35.5. The summed E-state index contributed by atoms with van der Waals surface area (Å²) in [6.45, 7) is 0.236. The van der Waals surface area contributed by atoms with E-state index in [0.717, 1.165) is 39.8 Å². The van der Waals surface area contributed by atoms with Crippen LogP contribution in [0.25, 0.3) is 10.9 Å². The van der Waals surface area contributed by atoms with Crippen LogP contribution in [0.1, 0.15) is 5.56 Å². The Hall–Kier alpha value is -3.40. The van der Waals surface area contributed by atoms with Crippen molar-refractivity contribution in [3.63, 3.8) is 0 Å². The molecule has 0 aliphatic carbocycles. The second kappa shape index (κ2) is 10.5. The summed E-state index contributed by atoms with van der Waals surface area (Å²) in [5, 5.41) is 7.46. The average Bonchev–Trinajstić information content (AvgIpc) is 2.78. The van der Waals surface area contributed by atoms with E-state index in [1.807, 2.05) is 72.8 Å². The van der Waals surface area contributed by atoms with E-state index in [2.05, 4.69) is 25.3 Å². The highest BCUT2D eigenvalue weighted by Gasteiger charge is 2.09. The molecule has 0 saturated heterocycles. The number of nitrogens with one attached hydrogen (secondary N) is 3. The zero-order chi connectivity index (χ0) is 22.6.